The van der Waals surface area contributed by atoms with Crippen LogP contribution >= 0.6 is 6.72 Å². The van der Waals surface area contributed by atoms with E-state index in [2.05, 4.69) is 25.7 Å². The van der Waals surface area contributed by atoms with E-state index in [-0.39, 0.29) is 17.1 Å². The summed E-state index contributed by atoms with van der Waals surface area (Å²) in [6, 6.07) is 0. The second-order valence-electron chi connectivity index (χ2n) is 4.70. The van der Waals surface area contributed by atoms with Crippen LogP contribution in [0.4, 0.5) is 0 Å². The molecule has 3 nitrogen and oxygen atoms in total. The van der Waals surface area contributed by atoms with Gasteiger partial charge in [0.05, 0.1) is 0 Å². The van der Waals surface area contributed by atoms with Crippen LogP contribution in [0.5, 0.6) is 0 Å². The Morgan fingerprint density at radius 2 is 1.17 bits per heavy atom. The molecule has 0 fully saturated rings. The summed E-state index contributed by atoms with van der Waals surface area (Å²) in [6.07, 6.45) is 11.9. The maximum absolute atomic E-state index is 7.56. The zero-order valence-electron chi connectivity index (χ0n) is 12.0. The van der Waals surface area contributed by atoms with Gasteiger partial charge in [-0.1, -0.05) is 0 Å². The summed E-state index contributed by atoms with van der Waals surface area (Å²) in [6.45, 7) is 0.799. The topological polar surface area (TPSA) is 60.7 Å². The Balaban J connectivity index is 0. The Kier molecular flexibility index (Phi) is 19.3. The Morgan fingerprint density at radius 1 is 0.778 bits per heavy atom. The van der Waals surface area contributed by atoms with E-state index in [1.807, 2.05) is 0 Å². The number of hydrogen-bond acceptors (Lipinski definition) is 1. The SMILES string of the molecule is CCCCCCC[CH2][Zn][CH2]CCC.OP(O)(O)=S. The first-order chi connectivity index (χ1) is 8.41. The van der Waals surface area contributed by atoms with Crippen LogP contribution < -0.4 is 0 Å². The maximum atomic E-state index is 7.56. The maximum Gasteiger partial charge on any atom is 0.319 e. The van der Waals surface area contributed by atoms with E-state index in [0.717, 1.165) is 0 Å². The molecule has 0 unspecified atom stereocenters. The molecule has 0 atom stereocenters. The monoisotopic (exact) mass is 348 g/mol. The predicted octanol–water partition coefficient (Wildman–Crippen LogP) is 4.25. The largest absolute Gasteiger partial charge is 0.325 e. The third-order valence-corrected chi connectivity index (χ3v) is 6.90. The number of rotatable bonds is 10. The van der Waals surface area contributed by atoms with Crippen molar-refractivity contribution in [1.82, 2.24) is 0 Å². The molecule has 0 spiro atoms. The predicted molar refractivity (Wildman–Crippen MR) is 78.8 cm³/mol. The van der Waals surface area contributed by atoms with E-state index in [4.69, 9.17) is 14.7 Å². The van der Waals surface area contributed by atoms with Crippen molar-refractivity contribution in [3.8, 4) is 0 Å². The Bertz CT molecular complexity index is 181. The van der Waals surface area contributed by atoms with Crippen molar-refractivity contribution in [2.75, 3.05) is 0 Å². The first kappa shape index (κ1) is 21.5. The molecular weight excluding hydrogens is 321 g/mol. The van der Waals surface area contributed by atoms with E-state index >= 15 is 0 Å². The van der Waals surface area contributed by atoms with E-state index in [0.29, 0.717) is 0 Å². The van der Waals surface area contributed by atoms with Crippen LogP contribution in [0.1, 0.15) is 65.2 Å². The van der Waals surface area contributed by atoms with Crippen molar-refractivity contribution < 1.29 is 31.8 Å². The fraction of sp³-hybridized carbons (Fsp3) is 1.00. The van der Waals surface area contributed by atoms with Gasteiger partial charge in [0.2, 0.25) is 0 Å². The van der Waals surface area contributed by atoms with Crippen molar-refractivity contribution in [2.24, 2.45) is 0 Å². The van der Waals surface area contributed by atoms with Crippen molar-refractivity contribution in [3.05, 3.63) is 0 Å². The van der Waals surface area contributed by atoms with Gasteiger partial charge >= 0.3 is 99.1 Å². The molecule has 0 radical (unpaired) electrons. The normalized spacial score (nSPS) is 10.5. The van der Waals surface area contributed by atoms with Crippen LogP contribution in [0, 0.1) is 0 Å². The molecule has 0 heterocycles. The van der Waals surface area contributed by atoms with Gasteiger partial charge in [0.15, 0.2) is 0 Å². The van der Waals surface area contributed by atoms with E-state index < -0.39 is 6.72 Å². The molecule has 0 amide bonds. The average Bonchev–Trinajstić information content (AvgIpc) is 2.25. The summed E-state index contributed by atoms with van der Waals surface area (Å²) in [7, 11) is 0. The molecule has 0 aromatic rings. The standard InChI is InChI=1S/C8H17.C4H9.H3O3PS.Zn/c1-3-5-7-8-6-4-2;1-3-4-2;1-4(2,3)5;/h1,3-8H2,2H3;1,3-4H2,2H3;(H3,1,2,3,5);. The second-order valence-corrected chi connectivity index (χ2v) is 11.6. The van der Waals surface area contributed by atoms with E-state index in [1.165, 1.54) is 44.9 Å². The molecule has 0 saturated heterocycles. The van der Waals surface area contributed by atoms with Crippen molar-refractivity contribution in [3.63, 3.8) is 0 Å². The molecule has 108 valence electrons. The van der Waals surface area contributed by atoms with Gasteiger partial charge in [0, 0.05) is 0 Å². The first-order valence-corrected chi connectivity index (χ1v) is 14.1. The summed E-state index contributed by atoms with van der Waals surface area (Å²) >= 11 is 3.58. The van der Waals surface area contributed by atoms with Crippen LogP contribution in [-0.2, 0) is 28.9 Å². The zero-order chi connectivity index (χ0) is 14.3. The summed E-state index contributed by atoms with van der Waals surface area (Å²) in [5, 5.41) is 3.32. The third kappa shape index (κ3) is 36.0. The molecule has 0 aromatic heterocycles. The van der Waals surface area contributed by atoms with Gasteiger partial charge in [-0.25, -0.2) is 0 Å². The Labute approximate surface area is 125 Å². The fourth-order valence-corrected chi connectivity index (χ4v) is 5.75. The summed E-state index contributed by atoms with van der Waals surface area (Å²) in [4.78, 5) is 22.7. The van der Waals surface area contributed by atoms with Crippen LogP contribution in [0.25, 0.3) is 0 Å². The molecule has 0 aliphatic carbocycles. The van der Waals surface area contributed by atoms with Gasteiger partial charge in [-0.3, -0.25) is 0 Å². The minimum absolute atomic E-state index is 0.0287. The molecular formula is C12H29O3PSZn. The van der Waals surface area contributed by atoms with Crippen LogP contribution in [-0.4, -0.2) is 14.7 Å². The second kappa shape index (κ2) is 16.2. The summed E-state index contributed by atoms with van der Waals surface area (Å²) < 4.78 is 0. The molecule has 0 saturated carbocycles. The quantitative estimate of drug-likeness (QED) is 0.313. The van der Waals surface area contributed by atoms with E-state index in [9.17, 15) is 0 Å². The number of unbranched alkanes of at least 4 members (excludes halogenated alkanes) is 6. The zero-order valence-corrected chi connectivity index (χ0v) is 16.7. The average molecular weight is 350 g/mol. The van der Waals surface area contributed by atoms with Crippen molar-refractivity contribution >= 4 is 18.5 Å². The van der Waals surface area contributed by atoms with Gasteiger partial charge in [-0.2, -0.15) is 0 Å². The van der Waals surface area contributed by atoms with Gasteiger partial charge < -0.3 is 14.7 Å². The molecule has 3 N–H and O–H groups in total. The minimum Gasteiger partial charge on any atom is -0.325 e. The van der Waals surface area contributed by atoms with Crippen LogP contribution in [0.2, 0.25) is 10.0 Å². The van der Waals surface area contributed by atoms with Gasteiger partial charge in [0.25, 0.3) is 0 Å². The Hall–Kier alpha value is 1.15. The summed E-state index contributed by atoms with van der Waals surface area (Å²) in [5.74, 6) is 0. The third-order valence-electron chi connectivity index (χ3n) is 2.71. The van der Waals surface area contributed by atoms with Crippen LogP contribution in [0.15, 0.2) is 0 Å². The Morgan fingerprint density at radius 3 is 1.67 bits per heavy atom. The molecule has 0 bridgehead atoms. The van der Waals surface area contributed by atoms with Crippen LogP contribution in [0.3, 0.4) is 0 Å². The molecule has 0 aromatic carbocycles. The minimum atomic E-state index is -3.81. The van der Waals surface area contributed by atoms with Gasteiger partial charge in [0.1, 0.15) is 0 Å². The van der Waals surface area contributed by atoms with Crippen molar-refractivity contribution in [2.45, 2.75) is 75.2 Å². The van der Waals surface area contributed by atoms with Crippen molar-refractivity contribution in [1.29, 1.82) is 0 Å². The summed E-state index contributed by atoms with van der Waals surface area (Å²) in [5.41, 5.74) is 0. The number of hydrogen-bond donors (Lipinski definition) is 3. The first-order valence-electron chi connectivity index (χ1n) is 7.20. The molecule has 0 aliphatic rings. The van der Waals surface area contributed by atoms with Gasteiger partial charge in [-0.05, 0) is 11.8 Å². The molecule has 18 heavy (non-hydrogen) atoms. The molecule has 6 heteroatoms. The van der Waals surface area contributed by atoms with E-state index in [1.54, 1.807) is 16.5 Å². The molecule has 0 rings (SSSR count). The smallest absolute Gasteiger partial charge is 0.319 e. The molecule has 0 aliphatic heterocycles. The van der Waals surface area contributed by atoms with Gasteiger partial charge in [-0.15, -0.1) is 0 Å². The fourth-order valence-electron chi connectivity index (χ4n) is 1.74.